The number of carboxylic acids is 1. The summed E-state index contributed by atoms with van der Waals surface area (Å²) < 4.78 is 0. The number of hydrogen-bond acceptors (Lipinski definition) is 5. The molecule has 184 valence electrons. The van der Waals surface area contributed by atoms with Crippen LogP contribution in [0.3, 0.4) is 0 Å². The Hall–Kier alpha value is -2.68. The van der Waals surface area contributed by atoms with Crippen LogP contribution in [0.5, 0.6) is 0 Å². The number of carbonyl (C=O) groups excluding carboxylic acids is 1. The maximum atomic E-state index is 11.0. The zero-order valence-electron chi connectivity index (χ0n) is 17.2. The first-order valence-corrected chi connectivity index (χ1v) is 10.2. The minimum Gasteiger partial charge on any atom is -0.481 e. The highest BCUT2D eigenvalue weighted by Gasteiger charge is 2.23. The molecule has 4 rings (SSSR count). The first-order valence-electron chi connectivity index (χ1n) is 10.2. The van der Waals surface area contributed by atoms with E-state index in [4.69, 9.17) is 10.8 Å². The number of rotatable bonds is 5. The molecule has 0 spiro atoms. The van der Waals surface area contributed by atoms with Gasteiger partial charge in [-0.25, -0.2) is 9.97 Å². The van der Waals surface area contributed by atoms with E-state index in [0.717, 1.165) is 38.8 Å². The number of imidazole rings is 2. The van der Waals surface area contributed by atoms with Crippen LogP contribution < -0.4 is 11.1 Å². The van der Waals surface area contributed by atoms with Gasteiger partial charge in [-0.15, -0.1) is 0 Å². The average molecular weight is 453 g/mol. The Morgan fingerprint density at radius 3 is 1.84 bits per heavy atom. The summed E-state index contributed by atoms with van der Waals surface area (Å²) >= 11 is 0. The number of carboxylic acid groups (broad SMARTS) is 1. The Labute approximate surface area is 193 Å². The summed E-state index contributed by atoms with van der Waals surface area (Å²) in [6, 6.07) is 0. The van der Waals surface area contributed by atoms with E-state index in [-0.39, 0.29) is 34.6 Å². The van der Waals surface area contributed by atoms with E-state index < -0.39 is 5.97 Å². The van der Waals surface area contributed by atoms with Crippen LogP contribution in [0.1, 0.15) is 71.7 Å². The predicted molar refractivity (Wildman–Crippen MR) is 129 cm³/mol. The lowest BCUT2D eigenvalue weighted by Crippen LogP contribution is -2.28. The van der Waals surface area contributed by atoms with Crippen LogP contribution in [0.4, 0.5) is 0 Å². The van der Waals surface area contributed by atoms with E-state index in [0.29, 0.717) is 18.3 Å². The van der Waals surface area contributed by atoms with Gasteiger partial charge in [0.15, 0.2) is 0 Å². The summed E-state index contributed by atoms with van der Waals surface area (Å²) in [5.41, 5.74) is 10.4. The highest BCUT2D eigenvalue weighted by Crippen LogP contribution is 2.23. The Bertz CT molecular complexity index is 745. The van der Waals surface area contributed by atoms with Crippen molar-refractivity contribution in [3.05, 3.63) is 35.4 Å². The molecule has 2 unspecified atom stereocenters. The molecule has 0 aliphatic heterocycles. The van der Waals surface area contributed by atoms with Gasteiger partial charge in [-0.1, -0.05) is 36.1 Å². The number of aliphatic carboxylic acids is 1. The Morgan fingerprint density at radius 2 is 1.44 bits per heavy atom. The van der Waals surface area contributed by atoms with E-state index in [1.54, 1.807) is 19.6 Å². The molecule has 2 aromatic rings. The number of H-pyrrole nitrogens is 2. The number of amides is 1. The molecule has 0 aromatic carbocycles. The lowest BCUT2D eigenvalue weighted by atomic mass is 10.1. The molecule has 6 N–H and O–H groups in total. The van der Waals surface area contributed by atoms with Crippen molar-refractivity contribution in [2.75, 3.05) is 13.1 Å². The summed E-state index contributed by atoms with van der Waals surface area (Å²) in [4.78, 5) is 35.1. The molecule has 9 heteroatoms. The zero-order valence-corrected chi connectivity index (χ0v) is 17.2. The van der Waals surface area contributed by atoms with Gasteiger partial charge in [0.25, 0.3) is 0 Å². The molecule has 32 heavy (non-hydrogen) atoms. The smallest absolute Gasteiger partial charge is 0.303 e. The summed E-state index contributed by atoms with van der Waals surface area (Å²) in [5.74, 6) is 0.550. The SMILES string of the molecule is C.C.C.CCC(=O)NCC1Cc2nc[nH]c2C1.CCC(=O)O.NCC1Cc2nc[nH]c2C1. The van der Waals surface area contributed by atoms with Crippen molar-refractivity contribution >= 4 is 11.9 Å². The maximum Gasteiger partial charge on any atom is 0.303 e. The number of carbonyl (C=O) groups is 2. The maximum absolute atomic E-state index is 11.0. The topological polar surface area (TPSA) is 150 Å². The fraction of sp³-hybridized carbons (Fsp3) is 0.652. The second-order valence-electron chi connectivity index (χ2n) is 7.34. The minimum atomic E-state index is -0.745. The third-order valence-corrected chi connectivity index (χ3v) is 5.11. The van der Waals surface area contributed by atoms with Crippen LogP contribution in [0.25, 0.3) is 0 Å². The molecule has 2 aromatic heterocycles. The van der Waals surface area contributed by atoms with Gasteiger partial charge >= 0.3 is 5.97 Å². The number of aromatic amines is 2. The van der Waals surface area contributed by atoms with Gasteiger partial charge in [0.2, 0.25) is 5.91 Å². The number of fused-ring (bicyclic) bond motifs is 2. The van der Waals surface area contributed by atoms with E-state index in [2.05, 4.69) is 25.3 Å². The van der Waals surface area contributed by atoms with E-state index in [1.165, 1.54) is 22.8 Å². The molecular formula is C23H44N6O3. The molecule has 1 amide bonds. The lowest BCUT2D eigenvalue weighted by Gasteiger charge is -2.09. The third kappa shape index (κ3) is 9.64. The summed E-state index contributed by atoms with van der Waals surface area (Å²) in [6.45, 7) is 5.03. The van der Waals surface area contributed by atoms with Crippen LogP contribution in [-0.4, -0.2) is 50.0 Å². The van der Waals surface area contributed by atoms with E-state index >= 15 is 0 Å². The van der Waals surface area contributed by atoms with Gasteiger partial charge in [-0.3, -0.25) is 9.59 Å². The zero-order chi connectivity index (χ0) is 21.2. The molecule has 2 heterocycles. The van der Waals surface area contributed by atoms with Crippen molar-refractivity contribution in [2.45, 2.75) is 74.7 Å². The van der Waals surface area contributed by atoms with Gasteiger partial charge in [0, 0.05) is 30.8 Å². The van der Waals surface area contributed by atoms with Crippen molar-refractivity contribution < 1.29 is 14.7 Å². The molecule has 2 aliphatic rings. The van der Waals surface area contributed by atoms with Crippen molar-refractivity contribution in [1.29, 1.82) is 0 Å². The normalized spacial score (nSPS) is 13.5. The first kappa shape index (κ1) is 31.5. The van der Waals surface area contributed by atoms with Gasteiger partial charge in [-0.2, -0.15) is 0 Å². The molecule has 9 nitrogen and oxygen atoms in total. The summed E-state index contributed by atoms with van der Waals surface area (Å²) in [6.07, 6.45) is 8.45. The van der Waals surface area contributed by atoms with Crippen LogP contribution in [0.15, 0.2) is 12.7 Å². The molecule has 0 saturated heterocycles. The Morgan fingerprint density at radius 1 is 0.969 bits per heavy atom. The van der Waals surface area contributed by atoms with Crippen LogP contribution >= 0.6 is 0 Å². The number of aromatic nitrogens is 4. The van der Waals surface area contributed by atoms with Gasteiger partial charge in [-0.05, 0) is 44.1 Å². The van der Waals surface area contributed by atoms with Crippen molar-refractivity contribution in [1.82, 2.24) is 25.3 Å². The fourth-order valence-electron chi connectivity index (χ4n) is 3.37. The second-order valence-corrected chi connectivity index (χ2v) is 7.34. The number of hydrogen-bond donors (Lipinski definition) is 5. The van der Waals surface area contributed by atoms with Crippen LogP contribution in [-0.2, 0) is 35.3 Å². The minimum absolute atomic E-state index is 0. The molecule has 2 atom stereocenters. The quantitative estimate of drug-likeness (QED) is 0.470. The molecule has 0 saturated carbocycles. The summed E-state index contributed by atoms with van der Waals surface area (Å²) in [5, 5.41) is 10.6. The van der Waals surface area contributed by atoms with E-state index in [1.807, 2.05) is 6.92 Å². The van der Waals surface area contributed by atoms with Crippen molar-refractivity contribution in [3.8, 4) is 0 Å². The van der Waals surface area contributed by atoms with Gasteiger partial charge in [0.1, 0.15) is 0 Å². The highest BCUT2D eigenvalue weighted by molar-refractivity contribution is 5.75. The van der Waals surface area contributed by atoms with Crippen molar-refractivity contribution in [3.63, 3.8) is 0 Å². The lowest BCUT2D eigenvalue weighted by molar-refractivity contribution is -0.136. The molecular weight excluding hydrogens is 408 g/mol. The largest absolute Gasteiger partial charge is 0.481 e. The highest BCUT2D eigenvalue weighted by atomic mass is 16.4. The van der Waals surface area contributed by atoms with E-state index in [9.17, 15) is 9.59 Å². The second kappa shape index (κ2) is 16.0. The van der Waals surface area contributed by atoms with Gasteiger partial charge < -0.3 is 26.1 Å². The van der Waals surface area contributed by atoms with Crippen LogP contribution in [0, 0.1) is 11.8 Å². The number of nitrogens with two attached hydrogens (primary N) is 1. The third-order valence-electron chi connectivity index (χ3n) is 5.11. The first-order chi connectivity index (χ1) is 14.0. The molecule has 0 fully saturated rings. The standard InChI is InChI=1S/C10H15N3O.C7H11N3.C3H6O2.3CH4/c1-2-10(14)11-5-7-3-8-9(4-7)13-6-12-8;8-3-5-1-6-7(2-5)10-4-9-6;1-2-3(4)5;;;/h6-7H,2-5H2,1H3,(H,11,14)(H,12,13);4-5H,1-3,8H2,(H,9,10);2H2,1H3,(H,4,5);3*1H4. The monoisotopic (exact) mass is 452 g/mol. The Balaban J connectivity index is 0. The average Bonchev–Trinajstić information content (AvgIpc) is 3.46. The summed E-state index contributed by atoms with van der Waals surface area (Å²) in [7, 11) is 0. The van der Waals surface area contributed by atoms with Crippen molar-refractivity contribution in [2.24, 2.45) is 17.6 Å². The number of nitrogens with one attached hydrogen (secondary N) is 3. The molecule has 0 bridgehead atoms. The van der Waals surface area contributed by atoms with Gasteiger partial charge in [0.05, 0.1) is 24.0 Å². The molecule has 2 aliphatic carbocycles. The Kier molecular flexibility index (Phi) is 15.8. The predicted octanol–water partition coefficient (Wildman–Crippen LogP) is 3.12. The fourth-order valence-corrected chi connectivity index (χ4v) is 3.37. The number of nitrogens with zero attached hydrogens (tertiary/aromatic N) is 2. The van der Waals surface area contributed by atoms with Crippen LogP contribution in [0.2, 0.25) is 0 Å². The molecule has 0 radical (unpaired) electrons.